The molecule has 0 saturated carbocycles. The molecule has 0 saturated heterocycles. The predicted octanol–water partition coefficient (Wildman–Crippen LogP) is 5.98. The van der Waals surface area contributed by atoms with Gasteiger partial charge in [0, 0.05) is 21.8 Å². The summed E-state index contributed by atoms with van der Waals surface area (Å²) < 4.78 is 0. The summed E-state index contributed by atoms with van der Waals surface area (Å²) in [5.41, 5.74) is 5.26. The normalized spacial score (nSPS) is 11.6. The van der Waals surface area contributed by atoms with Gasteiger partial charge in [-0.3, -0.25) is 9.59 Å². The van der Waals surface area contributed by atoms with E-state index in [1.165, 1.54) is 11.8 Å². The van der Waals surface area contributed by atoms with Crippen LogP contribution in [-0.2, 0) is 4.79 Å². The summed E-state index contributed by atoms with van der Waals surface area (Å²) in [7, 11) is 0. The van der Waals surface area contributed by atoms with Gasteiger partial charge in [0.2, 0.25) is 5.91 Å². The number of anilines is 2. The van der Waals surface area contributed by atoms with Gasteiger partial charge in [0.25, 0.3) is 5.91 Å². The standard InChI is InChI=1S/C25H26N2O2S/c1-16-12-13-18(3)23(14-16)27-24(28)19(4)30-21-10-7-9-20(15-21)26-25(29)22-11-6-5-8-17(22)2/h5-15,19H,1-4H3,(H,26,29)(H,27,28). The van der Waals surface area contributed by atoms with Crippen LogP contribution in [0.1, 0.15) is 34.0 Å². The number of nitrogens with one attached hydrogen (secondary N) is 2. The molecule has 0 fully saturated rings. The minimum Gasteiger partial charge on any atom is -0.325 e. The van der Waals surface area contributed by atoms with Crippen molar-refractivity contribution in [2.75, 3.05) is 10.6 Å². The predicted molar refractivity (Wildman–Crippen MR) is 125 cm³/mol. The maximum Gasteiger partial charge on any atom is 0.255 e. The van der Waals surface area contributed by atoms with E-state index in [-0.39, 0.29) is 17.1 Å². The van der Waals surface area contributed by atoms with Gasteiger partial charge in [0.05, 0.1) is 5.25 Å². The Morgan fingerprint density at radius 1 is 0.833 bits per heavy atom. The van der Waals surface area contributed by atoms with Gasteiger partial charge in [-0.1, -0.05) is 36.4 Å². The monoisotopic (exact) mass is 418 g/mol. The van der Waals surface area contributed by atoms with Crippen LogP contribution in [0.3, 0.4) is 0 Å². The van der Waals surface area contributed by atoms with Gasteiger partial charge in [-0.05, 0) is 74.7 Å². The fourth-order valence-corrected chi connectivity index (χ4v) is 3.96. The van der Waals surface area contributed by atoms with Crippen LogP contribution in [0.5, 0.6) is 0 Å². The van der Waals surface area contributed by atoms with Crippen LogP contribution in [0, 0.1) is 20.8 Å². The average Bonchev–Trinajstić information content (AvgIpc) is 2.71. The number of amides is 2. The summed E-state index contributed by atoms with van der Waals surface area (Å²) in [5, 5.41) is 5.67. The molecular formula is C25H26N2O2S. The lowest BCUT2D eigenvalue weighted by Gasteiger charge is -2.15. The van der Waals surface area contributed by atoms with Crippen LogP contribution in [0.15, 0.2) is 71.6 Å². The molecule has 2 amide bonds. The number of thioether (sulfide) groups is 1. The van der Waals surface area contributed by atoms with Crippen molar-refractivity contribution in [1.29, 1.82) is 0 Å². The zero-order valence-corrected chi connectivity index (χ0v) is 18.5. The molecule has 30 heavy (non-hydrogen) atoms. The molecule has 1 unspecified atom stereocenters. The maximum atomic E-state index is 12.7. The van der Waals surface area contributed by atoms with Crippen molar-refractivity contribution in [3.8, 4) is 0 Å². The van der Waals surface area contributed by atoms with E-state index < -0.39 is 0 Å². The molecule has 2 N–H and O–H groups in total. The molecule has 4 nitrogen and oxygen atoms in total. The number of benzene rings is 3. The van der Waals surface area contributed by atoms with Gasteiger partial charge in [0.1, 0.15) is 0 Å². The maximum absolute atomic E-state index is 12.7. The summed E-state index contributed by atoms with van der Waals surface area (Å²) in [6.45, 7) is 7.78. The molecule has 0 bridgehead atoms. The number of carbonyl (C=O) groups excluding carboxylic acids is 2. The molecule has 0 aromatic heterocycles. The van der Waals surface area contributed by atoms with E-state index in [1.807, 2.05) is 94.4 Å². The Morgan fingerprint density at radius 3 is 2.37 bits per heavy atom. The highest BCUT2D eigenvalue weighted by Crippen LogP contribution is 2.27. The lowest BCUT2D eigenvalue weighted by atomic mass is 10.1. The summed E-state index contributed by atoms with van der Waals surface area (Å²) in [5.74, 6) is -0.195. The number of carbonyl (C=O) groups is 2. The molecule has 3 rings (SSSR count). The smallest absolute Gasteiger partial charge is 0.255 e. The van der Waals surface area contributed by atoms with Crippen molar-refractivity contribution in [3.63, 3.8) is 0 Å². The van der Waals surface area contributed by atoms with Crippen molar-refractivity contribution in [1.82, 2.24) is 0 Å². The highest BCUT2D eigenvalue weighted by atomic mass is 32.2. The molecular weight excluding hydrogens is 392 g/mol. The fourth-order valence-electron chi connectivity index (χ4n) is 3.04. The number of aryl methyl sites for hydroxylation is 3. The molecule has 1 atom stereocenters. The lowest BCUT2D eigenvalue weighted by Crippen LogP contribution is -2.22. The van der Waals surface area contributed by atoms with Crippen LogP contribution in [0.2, 0.25) is 0 Å². The van der Waals surface area contributed by atoms with Crippen LogP contribution in [-0.4, -0.2) is 17.1 Å². The summed E-state index contributed by atoms with van der Waals surface area (Å²) >= 11 is 1.46. The summed E-state index contributed by atoms with van der Waals surface area (Å²) in [6.07, 6.45) is 0. The molecule has 0 aliphatic carbocycles. The molecule has 5 heteroatoms. The van der Waals surface area contributed by atoms with E-state index in [2.05, 4.69) is 10.6 Å². The first kappa shape index (κ1) is 21.7. The van der Waals surface area contributed by atoms with E-state index in [9.17, 15) is 9.59 Å². The van der Waals surface area contributed by atoms with E-state index >= 15 is 0 Å². The minimum atomic E-state index is -0.285. The van der Waals surface area contributed by atoms with Crippen molar-refractivity contribution >= 4 is 35.0 Å². The Kier molecular flexibility index (Phi) is 6.95. The quantitative estimate of drug-likeness (QED) is 0.484. The Bertz CT molecular complexity index is 1080. The van der Waals surface area contributed by atoms with E-state index in [0.29, 0.717) is 11.3 Å². The molecule has 0 spiro atoms. The molecule has 0 heterocycles. The molecule has 3 aromatic carbocycles. The average molecular weight is 419 g/mol. The lowest BCUT2D eigenvalue weighted by molar-refractivity contribution is -0.115. The molecule has 0 radical (unpaired) electrons. The second-order valence-electron chi connectivity index (χ2n) is 7.36. The first-order valence-corrected chi connectivity index (χ1v) is 10.7. The molecule has 0 aliphatic heterocycles. The zero-order valence-electron chi connectivity index (χ0n) is 17.7. The van der Waals surface area contributed by atoms with Gasteiger partial charge in [0.15, 0.2) is 0 Å². The Morgan fingerprint density at radius 2 is 1.60 bits per heavy atom. The number of rotatable bonds is 6. The highest BCUT2D eigenvalue weighted by molar-refractivity contribution is 8.00. The van der Waals surface area contributed by atoms with Crippen molar-refractivity contribution in [2.24, 2.45) is 0 Å². The number of hydrogen-bond acceptors (Lipinski definition) is 3. The van der Waals surface area contributed by atoms with Crippen molar-refractivity contribution < 1.29 is 9.59 Å². The first-order valence-electron chi connectivity index (χ1n) is 9.85. The van der Waals surface area contributed by atoms with Gasteiger partial charge in [-0.2, -0.15) is 0 Å². The molecule has 3 aromatic rings. The third-order valence-electron chi connectivity index (χ3n) is 4.81. The topological polar surface area (TPSA) is 58.2 Å². The SMILES string of the molecule is Cc1ccc(C)c(NC(=O)C(C)Sc2cccc(NC(=O)c3ccccc3C)c2)c1. The fraction of sp³-hybridized carbons (Fsp3) is 0.200. The second kappa shape index (κ2) is 9.63. The number of hydrogen-bond donors (Lipinski definition) is 2. The largest absolute Gasteiger partial charge is 0.325 e. The summed E-state index contributed by atoms with van der Waals surface area (Å²) in [6, 6.07) is 21.1. The third kappa shape index (κ3) is 5.51. The van der Waals surface area contributed by atoms with E-state index in [4.69, 9.17) is 0 Å². The van der Waals surface area contributed by atoms with Gasteiger partial charge >= 0.3 is 0 Å². The molecule has 154 valence electrons. The Balaban J connectivity index is 1.65. The summed E-state index contributed by atoms with van der Waals surface area (Å²) in [4.78, 5) is 26.1. The van der Waals surface area contributed by atoms with Crippen LogP contribution >= 0.6 is 11.8 Å². The van der Waals surface area contributed by atoms with Crippen molar-refractivity contribution in [3.05, 3.63) is 89.0 Å². The van der Waals surface area contributed by atoms with Gasteiger partial charge < -0.3 is 10.6 Å². The van der Waals surface area contributed by atoms with Crippen LogP contribution in [0.4, 0.5) is 11.4 Å². The highest BCUT2D eigenvalue weighted by Gasteiger charge is 2.16. The third-order valence-corrected chi connectivity index (χ3v) is 5.91. The van der Waals surface area contributed by atoms with Crippen LogP contribution in [0.25, 0.3) is 0 Å². The van der Waals surface area contributed by atoms with Gasteiger partial charge in [-0.15, -0.1) is 11.8 Å². The van der Waals surface area contributed by atoms with E-state index in [0.717, 1.165) is 27.3 Å². The second-order valence-corrected chi connectivity index (χ2v) is 8.78. The molecule has 0 aliphatic rings. The Labute approximate surface area is 182 Å². The Hall–Kier alpha value is -3.05. The first-order chi connectivity index (χ1) is 14.3. The van der Waals surface area contributed by atoms with Gasteiger partial charge in [-0.25, -0.2) is 0 Å². The van der Waals surface area contributed by atoms with Crippen molar-refractivity contribution in [2.45, 2.75) is 37.8 Å². The van der Waals surface area contributed by atoms with E-state index in [1.54, 1.807) is 0 Å². The minimum absolute atomic E-state index is 0.0527. The zero-order chi connectivity index (χ0) is 21.7. The van der Waals surface area contributed by atoms with Crippen LogP contribution < -0.4 is 10.6 Å².